The largest absolute Gasteiger partial charge is 0.444 e. The summed E-state index contributed by atoms with van der Waals surface area (Å²) < 4.78 is 5.31. The van der Waals surface area contributed by atoms with Gasteiger partial charge in [-0.15, -0.1) is 0 Å². The fraction of sp³-hybridized carbons (Fsp3) is 0.391. The molecule has 148 valence electrons. The van der Waals surface area contributed by atoms with Crippen molar-refractivity contribution in [3.05, 3.63) is 54.6 Å². The van der Waals surface area contributed by atoms with Crippen molar-refractivity contribution in [2.45, 2.75) is 51.7 Å². The van der Waals surface area contributed by atoms with Gasteiger partial charge in [-0.3, -0.25) is 4.79 Å². The van der Waals surface area contributed by atoms with Crippen molar-refractivity contribution in [3.8, 4) is 11.1 Å². The number of nitrogens with one attached hydrogen (secondary N) is 2. The first-order valence-electron chi connectivity index (χ1n) is 9.76. The molecule has 28 heavy (non-hydrogen) atoms. The van der Waals surface area contributed by atoms with Crippen LogP contribution < -0.4 is 10.6 Å². The second-order valence-electron chi connectivity index (χ2n) is 8.25. The molecule has 2 aromatic rings. The topological polar surface area (TPSA) is 67.4 Å². The molecule has 2 aromatic carbocycles. The number of hydrogen-bond donors (Lipinski definition) is 2. The zero-order chi connectivity index (χ0) is 20.1. The summed E-state index contributed by atoms with van der Waals surface area (Å²) in [5.74, 6) is -0.124. The number of anilines is 1. The van der Waals surface area contributed by atoms with Crippen molar-refractivity contribution in [3.63, 3.8) is 0 Å². The van der Waals surface area contributed by atoms with Crippen molar-refractivity contribution in [2.24, 2.45) is 5.92 Å². The van der Waals surface area contributed by atoms with E-state index in [-0.39, 0.29) is 17.9 Å². The molecule has 0 saturated heterocycles. The van der Waals surface area contributed by atoms with Crippen LogP contribution in [0.3, 0.4) is 0 Å². The second kappa shape index (κ2) is 8.46. The molecular formula is C23H28N2O3. The van der Waals surface area contributed by atoms with Crippen LogP contribution in [0.2, 0.25) is 0 Å². The Hall–Kier alpha value is -2.82. The number of ether oxygens (including phenoxy) is 1. The van der Waals surface area contributed by atoms with Crippen LogP contribution in [0.5, 0.6) is 0 Å². The standard InChI is InChI=1S/C23H28N2O3/c1-23(2,3)28-22(27)24-18-14-13-17(15-18)21(26)25-20-12-8-7-11-19(20)16-9-5-4-6-10-16/h4-12,17-18H,13-15H2,1-3H3,(H,24,27)(H,25,26). The average Bonchev–Trinajstić information content (AvgIpc) is 3.10. The van der Waals surface area contributed by atoms with E-state index in [9.17, 15) is 9.59 Å². The maximum absolute atomic E-state index is 12.8. The zero-order valence-electron chi connectivity index (χ0n) is 16.7. The van der Waals surface area contributed by atoms with Crippen LogP contribution in [-0.4, -0.2) is 23.6 Å². The molecule has 2 amide bonds. The van der Waals surface area contributed by atoms with E-state index < -0.39 is 11.7 Å². The lowest BCUT2D eigenvalue weighted by atomic mass is 10.0. The Labute approximate surface area is 166 Å². The summed E-state index contributed by atoms with van der Waals surface area (Å²) in [5.41, 5.74) is 2.34. The minimum atomic E-state index is -0.527. The molecule has 1 saturated carbocycles. The van der Waals surface area contributed by atoms with Crippen LogP contribution in [0.1, 0.15) is 40.0 Å². The molecule has 0 heterocycles. The molecule has 1 aliphatic rings. The quantitative estimate of drug-likeness (QED) is 0.785. The molecule has 2 atom stereocenters. The van der Waals surface area contributed by atoms with Gasteiger partial charge in [0, 0.05) is 23.2 Å². The normalized spacial score (nSPS) is 19.1. The van der Waals surface area contributed by atoms with Crippen molar-refractivity contribution in [1.29, 1.82) is 0 Å². The molecule has 0 spiro atoms. The van der Waals surface area contributed by atoms with E-state index in [1.165, 1.54) is 0 Å². The summed E-state index contributed by atoms with van der Waals surface area (Å²) in [7, 11) is 0. The third-order valence-corrected chi connectivity index (χ3v) is 4.79. The van der Waals surface area contributed by atoms with Gasteiger partial charge in [0.15, 0.2) is 0 Å². The summed E-state index contributed by atoms with van der Waals surface area (Å²) in [6.07, 6.45) is 1.73. The van der Waals surface area contributed by atoms with Crippen LogP contribution in [0.25, 0.3) is 11.1 Å². The minimum absolute atomic E-state index is 0.00290. The Kier molecular flexibility index (Phi) is 6.02. The van der Waals surface area contributed by atoms with Gasteiger partial charge in [-0.05, 0) is 51.7 Å². The Balaban J connectivity index is 1.60. The van der Waals surface area contributed by atoms with Gasteiger partial charge in [-0.25, -0.2) is 4.79 Å². The molecule has 1 fully saturated rings. The van der Waals surface area contributed by atoms with Crippen molar-refractivity contribution in [2.75, 3.05) is 5.32 Å². The number of benzene rings is 2. The van der Waals surface area contributed by atoms with E-state index in [1.54, 1.807) is 0 Å². The molecule has 5 heteroatoms. The molecule has 5 nitrogen and oxygen atoms in total. The van der Waals surface area contributed by atoms with Crippen LogP contribution in [-0.2, 0) is 9.53 Å². The zero-order valence-corrected chi connectivity index (χ0v) is 16.7. The number of carbonyl (C=O) groups excluding carboxylic acids is 2. The van der Waals surface area contributed by atoms with Crippen LogP contribution in [0.4, 0.5) is 10.5 Å². The molecule has 0 aromatic heterocycles. The molecular weight excluding hydrogens is 352 g/mol. The highest BCUT2D eigenvalue weighted by Gasteiger charge is 2.32. The smallest absolute Gasteiger partial charge is 0.407 e. The number of alkyl carbamates (subject to hydrolysis) is 1. The molecule has 2 unspecified atom stereocenters. The predicted octanol–water partition coefficient (Wildman–Crippen LogP) is 4.99. The number of rotatable bonds is 4. The Morgan fingerprint density at radius 1 is 0.964 bits per heavy atom. The Bertz CT molecular complexity index is 827. The van der Waals surface area contributed by atoms with E-state index >= 15 is 0 Å². The van der Waals surface area contributed by atoms with Crippen molar-refractivity contribution < 1.29 is 14.3 Å². The highest BCUT2D eigenvalue weighted by atomic mass is 16.6. The third kappa shape index (κ3) is 5.35. The lowest BCUT2D eigenvalue weighted by Crippen LogP contribution is -2.38. The van der Waals surface area contributed by atoms with E-state index in [2.05, 4.69) is 10.6 Å². The van der Waals surface area contributed by atoms with Gasteiger partial charge < -0.3 is 15.4 Å². The number of carbonyl (C=O) groups is 2. The first-order chi connectivity index (χ1) is 13.3. The van der Waals surface area contributed by atoms with Gasteiger partial charge in [-0.1, -0.05) is 48.5 Å². The number of hydrogen-bond acceptors (Lipinski definition) is 3. The van der Waals surface area contributed by atoms with E-state index in [1.807, 2.05) is 75.4 Å². The van der Waals surface area contributed by atoms with Crippen molar-refractivity contribution >= 4 is 17.7 Å². The number of amides is 2. The van der Waals surface area contributed by atoms with Gasteiger partial charge >= 0.3 is 6.09 Å². The van der Waals surface area contributed by atoms with Crippen LogP contribution in [0, 0.1) is 5.92 Å². The van der Waals surface area contributed by atoms with Gasteiger partial charge in [0.2, 0.25) is 5.91 Å². The molecule has 0 bridgehead atoms. The van der Waals surface area contributed by atoms with Gasteiger partial charge in [0.1, 0.15) is 5.60 Å². The SMILES string of the molecule is CC(C)(C)OC(=O)NC1CCC(C(=O)Nc2ccccc2-c2ccccc2)C1. The van der Waals surface area contributed by atoms with Crippen LogP contribution in [0.15, 0.2) is 54.6 Å². The lowest BCUT2D eigenvalue weighted by molar-refractivity contribution is -0.119. The second-order valence-corrected chi connectivity index (χ2v) is 8.25. The fourth-order valence-electron chi connectivity index (χ4n) is 3.52. The first kappa shape index (κ1) is 19.9. The first-order valence-corrected chi connectivity index (χ1v) is 9.76. The molecule has 3 rings (SSSR count). The third-order valence-electron chi connectivity index (χ3n) is 4.79. The maximum Gasteiger partial charge on any atom is 0.407 e. The van der Waals surface area contributed by atoms with Crippen molar-refractivity contribution in [1.82, 2.24) is 5.32 Å². The maximum atomic E-state index is 12.8. The molecule has 0 aliphatic heterocycles. The predicted molar refractivity (Wildman–Crippen MR) is 111 cm³/mol. The minimum Gasteiger partial charge on any atom is -0.444 e. The Morgan fingerprint density at radius 3 is 2.36 bits per heavy atom. The fourth-order valence-corrected chi connectivity index (χ4v) is 3.52. The Morgan fingerprint density at radius 2 is 1.64 bits per heavy atom. The summed E-state index contributed by atoms with van der Waals surface area (Å²) in [5, 5.41) is 5.96. The van der Waals surface area contributed by atoms with Gasteiger partial charge in [0.05, 0.1) is 0 Å². The summed E-state index contributed by atoms with van der Waals surface area (Å²) in [6, 6.07) is 17.8. The monoisotopic (exact) mass is 380 g/mol. The molecule has 2 N–H and O–H groups in total. The van der Waals surface area contributed by atoms with Gasteiger partial charge in [0.25, 0.3) is 0 Å². The molecule has 0 radical (unpaired) electrons. The van der Waals surface area contributed by atoms with E-state index in [0.717, 1.165) is 29.7 Å². The van der Waals surface area contributed by atoms with E-state index in [0.29, 0.717) is 6.42 Å². The summed E-state index contributed by atoms with van der Waals surface area (Å²) in [6.45, 7) is 5.50. The molecule has 1 aliphatic carbocycles. The summed E-state index contributed by atoms with van der Waals surface area (Å²) in [4.78, 5) is 24.8. The average molecular weight is 380 g/mol. The highest BCUT2D eigenvalue weighted by Crippen LogP contribution is 2.31. The highest BCUT2D eigenvalue weighted by molar-refractivity contribution is 5.97. The number of para-hydroxylation sites is 1. The van der Waals surface area contributed by atoms with Gasteiger partial charge in [-0.2, -0.15) is 0 Å². The summed E-state index contributed by atoms with van der Waals surface area (Å²) >= 11 is 0. The van der Waals surface area contributed by atoms with Crippen LogP contribution >= 0.6 is 0 Å². The lowest BCUT2D eigenvalue weighted by Gasteiger charge is -2.21. The van der Waals surface area contributed by atoms with E-state index in [4.69, 9.17) is 4.74 Å².